The number of carboxylic acid groups (broad SMARTS) is 1. The molecule has 0 amide bonds. The van der Waals surface area contributed by atoms with Gasteiger partial charge in [0.05, 0.1) is 0 Å². The van der Waals surface area contributed by atoms with Crippen LogP contribution in [0.3, 0.4) is 0 Å². The quantitative estimate of drug-likeness (QED) is 0.649. The van der Waals surface area contributed by atoms with E-state index in [1.807, 2.05) is 18.2 Å². The van der Waals surface area contributed by atoms with Crippen molar-refractivity contribution in [3.8, 4) is 5.75 Å². The number of ether oxygens (including phenoxy) is 1. The van der Waals surface area contributed by atoms with Crippen LogP contribution < -0.4 is 4.74 Å². The maximum absolute atomic E-state index is 10.6. The molecular formula is C16H20O3. The van der Waals surface area contributed by atoms with E-state index in [1.54, 1.807) is 6.08 Å². The number of rotatable bonds is 5. The van der Waals surface area contributed by atoms with Crippen molar-refractivity contribution in [3.05, 3.63) is 48.1 Å². The molecule has 0 bridgehead atoms. The van der Waals surface area contributed by atoms with Gasteiger partial charge in [-0.25, -0.2) is 4.79 Å². The molecule has 0 aliphatic heterocycles. The molecule has 1 aromatic carbocycles. The van der Waals surface area contributed by atoms with Gasteiger partial charge in [-0.05, 0) is 23.1 Å². The van der Waals surface area contributed by atoms with E-state index in [1.165, 1.54) is 6.08 Å². The molecule has 0 aliphatic carbocycles. The maximum Gasteiger partial charge on any atom is 0.328 e. The van der Waals surface area contributed by atoms with E-state index in [9.17, 15) is 4.79 Å². The molecule has 1 rings (SSSR count). The molecule has 0 spiro atoms. The fourth-order valence-corrected chi connectivity index (χ4v) is 1.57. The van der Waals surface area contributed by atoms with Crippen molar-refractivity contribution in [1.82, 2.24) is 0 Å². The van der Waals surface area contributed by atoms with Gasteiger partial charge in [-0.2, -0.15) is 0 Å². The Balaban J connectivity index is 3.16. The van der Waals surface area contributed by atoms with Gasteiger partial charge in [0.25, 0.3) is 0 Å². The maximum atomic E-state index is 10.6. The lowest BCUT2D eigenvalue weighted by Crippen LogP contribution is -2.11. The second kappa shape index (κ2) is 6.23. The topological polar surface area (TPSA) is 46.5 Å². The Kier molecular flexibility index (Phi) is 4.93. The normalized spacial score (nSPS) is 11.5. The van der Waals surface area contributed by atoms with Crippen molar-refractivity contribution < 1.29 is 14.6 Å². The molecule has 0 radical (unpaired) electrons. The smallest absolute Gasteiger partial charge is 0.328 e. The highest BCUT2D eigenvalue weighted by Crippen LogP contribution is 2.29. The zero-order chi connectivity index (χ0) is 14.5. The van der Waals surface area contributed by atoms with Crippen LogP contribution in [0.15, 0.2) is 36.9 Å². The molecule has 0 saturated carbocycles. The van der Waals surface area contributed by atoms with Crippen LogP contribution in [0.4, 0.5) is 0 Å². The highest BCUT2D eigenvalue weighted by atomic mass is 16.5. The van der Waals surface area contributed by atoms with Gasteiger partial charge >= 0.3 is 5.97 Å². The molecule has 0 fully saturated rings. The van der Waals surface area contributed by atoms with Gasteiger partial charge in [0.15, 0.2) is 0 Å². The van der Waals surface area contributed by atoms with E-state index < -0.39 is 5.97 Å². The molecule has 0 saturated heterocycles. The first-order valence-corrected chi connectivity index (χ1v) is 6.14. The van der Waals surface area contributed by atoms with Crippen LogP contribution >= 0.6 is 0 Å². The van der Waals surface area contributed by atoms with E-state index in [0.717, 1.165) is 17.2 Å². The third kappa shape index (κ3) is 4.62. The molecule has 0 heterocycles. The van der Waals surface area contributed by atoms with Crippen molar-refractivity contribution in [3.63, 3.8) is 0 Å². The lowest BCUT2D eigenvalue weighted by atomic mass is 9.86. The van der Waals surface area contributed by atoms with Gasteiger partial charge < -0.3 is 9.84 Å². The molecule has 1 aromatic rings. The molecule has 1 N–H and O–H groups in total. The minimum absolute atomic E-state index is 0.0152. The summed E-state index contributed by atoms with van der Waals surface area (Å²) < 4.78 is 5.59. The Morgan fingerprint density at radius 3 is 2.63 bits per heavy atom. The molecule has 102 valence electrons. The Bertz CT molecular complexity index is 493. The van der Waals surface area contributed by atoms with Crippen molar-refractivity contribution in [2.75, 3.05) is 6.61 Å². The molecule has 0 unspecified atom stereocenters. The summed E-state index contributed by atoms with van der Waals surface area (Å²) in [6, 6.07) is 5.81. The molecule has 0 aliphatic rings. The number of benzene rings is 1. The van der Waals surface area contributed by atoms with E-state index in [-0.39, 0.29) is 5.41 Å². The molecule has 3 nitrogen and oxygen atoms in total. The van der Waals surface area contributed by atoms with E-state index >= 15 is 0 Å². The van der Waals surface area contributed by atoms with Gasteiger partial charge in [-0.3, -0.25) is 0 Å². The van der Waals surface area contributed by atoms with Gasteiger partial charge in [0, 0.05) is 11.6 Å². The number of aliphatic carboxylic acids is 1. The number of carboxylic acids is 1. The zero-order valence-corrected chi connectivity index (χ0v) is 11.6. The van der Waals surface area contributed by atoms with Crippen molar-refractivity contribution in [2.24, 2.45) is 0 Å². The summed E-state index contributed by atoms with van der Waals surface area (Å²) in [5.41, 5.74) is 1.90. The van der Waals surface area contributed by atoms with Gasteiger partial charge in [0.1, 0.15) is 12.4 Å². The fraction of sp³-hybridized carbons (Fsp3) is 0.312. The Hall–Kier alpha value is -2.03. The third-order valence-electron chi connectivity index (χ3n) is 2.64. The standard InChI is InChI=1S/C16H20O3/c1-5-10-19-14-11-13(16(2,3)4)8-6-12(14)7-9-15(17)18/h5-9,11H,1,10H2,2-4H3,(H,17,18)/b9-7+. The van der Waals surface area contributed by atoms with Crippen molar-refractivity contribution in [2.45, 2.75) is 26.2 Å². The lowest BCUT2D eigenvalue weighted by Gasteiger charge is -2.20. The first-order valence-electron chi connectivity index (χ1n) is 6.14. The van der Waals surface area contributed by atoms with Gasteiger partial charge in [-0.1, -0.05) is 45.6 Å². The van der Waals surface area contributed by atoms with Crippen LogP contribution in [0.2, 0.25) is 0 Å². The highest BCUT2D eigenvalue weighted by Gasteiger charge is 2.15. The zero-order valence-electron chi connectivity index (χ0n) is 11.6. The predicted molar refractivity (Wildman–Crippen MR) is 77.5 cm³/mol. The number of hydrogen-bond donors (Lipinski definition) is 1. The van der Waals surface area contributed by atoms with Crippen LogP contribution in [-0.4, -0.2) is 17.7 Å². The van der Waals surface area contributed by atoms with Crippen LogP contribution in [0.1, 0.15) is 31.9 Å². The monoisotopic (exact) mass is 260 g/mol. The van der Waals surface area contributed by atoms with Crippen LogP contribution in [0.5, 0.6) is 5.75 Å². The number of carbonyl (C=O) groups is 1. The minimum Gasteiger partial charge on any atom is -0.489 e. The summed E-state index contributed by atoms with van der Waals surface area (Å²) in [5.74, 6) is -0.306. The summed E-state index contributed by atoms with van der Waals surface area (Å²) in [5, 5.41) is 8.68. The molecular weight excluding hydrogens is 240 g/mol. The number of hydrogen-bond acceptors (Lipinski definition) is 2. The fourth-order valence-electron chi connectivity index (χ4n) is 1.57. The van der Waals surface area contributed by atoms with E-state index in [2.05, 4.69) is 27.4 Å². The van der Waals surface area contributed by atoms with E-state index in [4.69, 9.17) is 9.84 Å². The summed E-state index contributed by atoms with van der Waals surface area (Å²) in [7, 11) is 0. The average Bonchev–Trinajstić information content (AvgIpc) is 2.32. The second-order valence-corrected chi connectivity index (χ2v) is 5.27. The molecule has 19 heavy (non-hydrogen) atoms. The first-order chi connectivity index (χ1) is 8.84. The van der Waals surface area contributed by atoms with Gasteiger partial charge in [-0.15, -0.1) is 0 Å². The van der Waals surface area contributed by atoms with Crippen molar-refractivity contribution >= 4 is 12.0 Å². The largest absolute Gasteiger partial charge is 0.489 e. The van der Waals surface area contributed by atoms with E-state index in [0.29, 0.717) is 12.4 Å². The molecule has 3 heteroatoms. The van der Waals surface area contributed by atoms with Gasteiger partial charge in [0.2, 0.25) is 0 Å². The summed E-state index contributed by atoms with van der Waals surface area (Å²) in [6.07, 6.45) is 4.30. The predicted octanol–water partition coefficient (Wildman–Crippen LogP) is 3.65. The van der Waals surface area contributed by atoms with Crippen molar-refractivity contribution in [1.29, 1.82) is 0 Å². The lowest BCUT2D eigenvalue weighted by molar-refractivity contribution is -0.131. The van der Waals surface area contributed by atoms with Crippen LogP contribution in [0.25, 0.3) is 6.08 Å². The average molecular weight is 260 g/mol. The molecule has 0 aromatic heterocycles. The first kappa shape index (κ1) is 15.0. The third-order valence-corrected chi connectivity index (χ3v) is 2.64. The summed E-state index contributed by atoms with van der Waals surface area (Å²) in [6.45, 7) is 10.4. The van der Waals surface area contributed by atoms with Crippen LogP contribution in [-0.2, 0) is 10.2 Å². The Morgan fingerprint density at radius 2 is 2.11 bits per heavy atom. The summed E-state index contributed by atoms with van der Waals surface area (Å²) >= 11 is 0. The summed E-state index contributed by atoms with van der Waals surface area (Å²) in [4.78, 5) is 10.6. The second-order valence-electron chi connectivity index (χ2n) is 5.27. The Labute approximate surface area is 114 Å². The minimum atomic E-state index is -0.977. The Morgan fingerprint density at radius 1 is 1.42 bits per heavy atom. The highest BCUT2D eigenvalue weighted by molar-refractivity contribution is 5.85. The van der Waals surface area contributed by atoms with Crippen LogP contribution in [0, 0.1) is 0 Å². The SMILES string of the molecule is C=CCOc1cc(C(C)(C)C)ccc1/C=C/C(=O)O. The molecule has 0 atom stereocenters.